The van der Waals surface area contributed by atoms with E-state index in [1.54, 1.807) is 23.1 Å². The number of hydrogen-bond donors (Lipinski definition) is 1. The van der Waals surface area contributed by atoms with Gasteiger partial charge < -0.3 is 19.4 Å². The Bertz CT molecular complexity index is 849. The number of esters is 1. The number of amides is 2. The lowest BCUT2D eigenvalue weighted by Gasteiger charge is -2.33. The molecule has 1 aromatic heterocycles. The van der Waals surface area contributed by atoms with Crippen LogP contribution in [0.1, 0.15) is 48.5 Å². The van der Waals surface area contributed by atoms with Crippen molar-refractivity contribution in [1.29, 1.82) is 0 Å². The van der Waals surface area contributed by atoms with Crippen LogP contribution in [0.4, 0.5) is 10.5 Å². The number of carbonyl (C=O) groups is 2. The summed E-state index contributed by atoms with van der Waals surface area (Å²) in [6.07, 6.45) is 6.28. The largest absolute Gasteiger partial charge is 0.464 e. The van der Waals surface area contributed by atoms with Crippen LogP contribution in [0.2, 0.25) is 10.0 Å². The third-order valence-electron chi connectivity index (χ3n) is 4.70. The van der Waals surface area contributed by atoms with Crippen LogP contribution >= 0.6 is 23.2 Å². The van der Waals surface area contributed by atoms with Gasteiger partial charge in [0, 0.05) is 11.1 Å². The number of ether oxygens (including phenoxy) is 1. The van der Waals surface area contributed by atoms with Crippen molar-refractivity contribution in [3.05, 3.63) is 46.1 Å². The van der Waals surface area contributed by atoms with Crippen LogP contribution in [0.15, 0.2) is 28.9 Å². The SMILES string of the molecule is COC(=O)c1coc(CN(C(=O)Nc2ccc(Cl)cc2Cl)C2CCCCC2)n1. The smallest absolute Gasteiger partial charge is 0.360 e. The van der Waals surface area contributed by atoms with Crippen molar-refractivity contribution in [3.8, 4) is 0 Å². The highest BCUT2D eigenvalue weighted by atomic mass is 35.5. The fourth-order valence-corrected chi connectivity index (χ4v) is 3.72. The number of anilines is 1. The first-order valence-corrected chi connectivity index (χ1v) is 9.79. The Hall–Kier alpha value is -2.25. The van der Waals surface area contributed by atoms with Gasteiger partial charge in [0.25, 0.3) is 0 Å². The van der Waals surface area contributed by atoms with Crippen LogP contribution in [0.3, 0.4) is 0 Å². The van der Waals surface area contributed by atoms with Crippen molar-refractivity contribution in [1.82, 2.24) is 9.88 Å². The zero-order chi connectivity index (χ0) is 20.1. The molecule has 0 unspecified atom stereocenters. The maximum absolute atomic E-state index is 13.0. The number of urea groups is 1. The minimum Gasteiger partial charge on any atom is -0.464 e. The number of nitrogens with one attached hydrogen (secondary N) is 1. The molecule has 0 spiro atoms. The van der Waals surface area contributed by atoms with Crippen LogP contribution in [0.5, 0.6) is 0 Å². The summed E-state index contributed by atoms with van der Waals surface area (Å²) in [5.74, 6) is -0.319. The molecule has 1 aliphatic rings. The molecule has 2 amide bonds. The first-order valence-electron chi connectivity index (χ1n) is 9.03. The number of rotatable bonds is 5. The molecule has 0 atom stereocenters. The van der Waals surface area contributed by atoms with E-state index in [0.717, 1.165) is 32.1 Å². The molecule has 1 aromatic carbocycles. The number of oxazole rings is 1. The van der Waals surface area contributed by atoms with Crippen molar-refractivity contribution < 1.29 is 18.7 Å². The molecule has 0 radical (unpaired) electrons. The average Bonchev–Trinajstić information content (AvgIpc) is 3.17. The molecular weight excluding hydrogens is 405 g/mol. The Morgan fingerprint density at radius 3 is 2.71 bits per heavy atom. The summed E-state index contributed by atoms with van der Waals surface area (Å²) in [5, 5.41) is 3.67. The molecular formula is C19H21Cl2N3O4. The van der Waals surface area contributed by atoms with E-state index in [2.05, 4.69) is 15.0 Å². The lowest BCUT2D eigenvalue weighted by Crippen LogP contribution is -2.43. The molecule has 7 nitrogen and oxygen atoms in total. The van der Waals surface area contributed by atoms with Gasteiger partial charge in [-0.15, -0.1) is 0 Å². The number of hydrogen-bond acceptors (Lipinski definition) is 5. The molecule has 1 fully saturated rings. The molecule has 2 aromatic rings. The lowest BCUT2D eigenvalue weighted by molar-refractivity contribution is 0.0594. The van der Waals surface area contributed by atoms with E-state index in [9.17, 15) is 9.59 Å². The maximum atomic E-state index is 13.0. The maximum Gasteiger partial charge on any atom is 0.360 e. The monoisotopic (exact) mass is 425 g/mol. The highest BCUT2D eigenvalue weighted by Gasteiger charge is 2.28. The molecule has 1 aliphatic carbocycles. The Morgan fingerprint density at radius 1 is 1.29 bits per heavy atom. The molecule has 1 heterocycles. The molecule has 28 heavy (non-hydrogen) atoms. The number of halogens is 2. The number of nitrogens with zero attached hydrogens (tertiary/aromatic N) is 2. The van der Waals surface area contributed by atoms with Gasteiger partial charge in [-0.05, 0) is 31.0 Å². The van der Waals surface area contributed by atoms with Crippen LogP contribution in [0, 0.1) is 0 Å². The summed E-state index contributed by atoms with van der Waals surface area (Å²) in [5.41, 5.74) is 0.543. The number of benzene rings is 1. The highest BCUT2D eigenvalue weighted by molar-refractivity contribution is 6.36. The first-order chi connectivity index (χ1) is 13.5. The zero-order valence-corrected chi connectivity index (χ0v) is 16.9. The second kappa shape index (κ2) is 9.30. The Kier molecular flexibility index (Phi) is 6.80. The Balaban J connectivity index is 1.78. The van der Waals surface area contributed by atoms with E-state index in [1.165, 1.54) is 13.4 Å². The van der Waals surface area contributed by atoms with Gasteiger partial charge in [-0.3, -0.25) is 0 Å². The minimum atomic E-state index is -0.586. The van der Waals surface area contributed by atoms with Crippen LogP contribution < -0.4 is 5.32 Å². The van der Waals surface area contributed by atoms with E-state index >= 15 is 0 Å². The Labute approximate surface area is 172 Å². The van der Waals surface area contributed by atoms with E-state index in [0.29, 0.717) is 15.7 Å². The summed E-state index contributed by atoms with van der Waals surface area (Å²) in [4.78, 5) is 30.4. The zero-order valence-electron chi connectivity index (χ0n) is 15.4. The van der Waals surface area contributed by atoms with Gasteiger partial charge in [-0.1, -0.05) is 42.5 Å². The lowest BCUT2D eigenvalue weighted by atomic mass is 9.94. The fraction of sp³-hybridized carbons (Fsp3) is 0.421. The third-order valence-corrected chi connectivity index (χ3v) is 5.25. The van der Waals surface area contributed by atoms with Gasteiger partial charge in [-0.25, -0.2) is 14.6 Å². The van der Waals surface area contributed by atoms with Crippen molar-refractivity contribution in [2.75, 3.05) is 12.4 Å². The molecule has 1 saturated carbocycles. The van der Waals surface area contributed by atoms with Gasteiger partial charge in [0.05, 0.1) is 24.4 Å². The molecule has 0 saturated heterocycles. The standard InChI is InChI=1S/C19H21Cl2N3O4/c1-27-18(25)16-11-28-17(22-16)10-24(13-5-3-2-4-6-13)19(26)23-15-8-7-12(20)9-14(15)21/h7-9,11,13H,2-6,10H2,1H3,(H,23,26). The average molecular weight is 426 g/mol. The summed E-state index contributed by atoms with van der Waals surface area (Å²) >= 11 is 12.1. The topological polar surface area (TPSA) is 84.7 Å². The third kappa shape index (κ3) is 4.97. The van der Waals surface area contributed by atoms with Crippen LogP contribution in [-0.4, -0.2) is 35.0 Å². The molecule has 3 rings (SSSR count). The molecule has 0 bridgehead atoms. The van der Waals surface area contributed by atoms with E-state index in [4.69, 9.17) is 27.6 Å². The number of carbonyl (C=O) groups excluding carboxylic acids is 2. The summed E-state index contributed by atoms with van der Waals surface area (Å²) in [7, 11) is 1.27. The van der Waals surface area contributed by atoms with Crippen LogP contribution in [0.25, 0.3) is 0 Å². The van der Waals surface area contributed by atoms with Gasteiger partial charge in [0.1, 0.15) is 6.26 Å². The second-order valence-corrected chi connectivity index (χ2v) is 7.44. The van der Waals surface area contributed by atoms with Gasteiger partial charge in [0.2, 0.25) is 5.89 Å². The predicted molar refractivity (Wildman–Crippen MR) is 106 cm³/mol. The molecule has 1 N–H and O–H groups in total. The normalized spacial score (nSPS) is 14.5. The number of aromatic nitrogens is 1. The molecule has 0 aliphatic heterocycles. The van der Waals surface area contributed by atoms with Crippen molar-refractivity contribution in [2.45, 2.75) is 44.7 Å². The second-order valence-electron chi connectivity index (χ2n) is 6.59. The predicted octanol–water partition coefficient (Wildman–Crippen LogP) is 5.13. The number of methoxy groups -OCH3 is 1. The summed E-state index contributed by atoms with van der Waals surface area (Å²) < 4.78 is 10.0. The van der Waals surface area contributed by atoms with E-state index in [1.807, 2.05) is 0 Å². The molecule has 9 heteroatoms. The summed E-state index contributed by atoms with van der Waals surface area (Å²) in [6.45, 7) is 0.138. The van der Waals surface area contributed by atoms with Gasteiger partial charge >= 0.3 is 12.0 Å². The van der Waals surface area contributed by atoms with Crippen molar-refractivity contribution in [2.24, 2.45) is 0 Å². The highest BCUT2D eigenvalue weighted by Crippen LogP contribution is 2.28. The Morgan fingerprint density at radius 2 is 2.04 bits per heavy atom. The van der Waals surface area contributed by atoms with E-state index in [-0.39, 0.29) is 30.2 Å². The van der Waals surface area contributed by atoms with Crippen LogP contribution in [-0.2, 0) is 11.3 Å². The van der Waals surface area contributed by atoms with Gasteiger partial charge in [0.15, 0.2) is 5.69 Å². The quantitative estimate of drug-likeness (QED) is 0.670. The van der Waals surface area contributed by atoms with Crippen molar-refractivity contribution in [3.63, 3.8) is 0 Å². The van der Waals surface area contributed by atoms with Gasteiger partial charge in [-0.2, -0.15) is 0 Å². The minimum absolute atomic E-state index is 0.0494. The molecule has 150 valence electrons. The fourth-order valence-electron chi connectivity index (χ4n) is 3.26. The van der Waals surface area contributed by atoms with Crippen molar-refractivity contribution >= 4 is 40.9 Å². The summed E-state index contributed by atoms with van der Waals surface area (Å²) in [6, 6.07) is 4.62. The van der Waals surface area contributed by atoms with E-state index < -0.39 is 5.97 Å². The first kappa shape index (κ1) is 20.5.